The van der Waals surface area contributed by atoms with Gasteiger partial charge in [0.25, 0.3) is 0 Å². The molecule has 108 valence electrons. The molecule has 2 nitrogen and oxygen atoms in total. The Balaban J connectivity index is 2.65. The Labute approximate surface area is 112 Å². The normalized spacial score (nSPS) is 11.9. The third kappa shape index (κ3) is 4.74. The first-order valence-electron chi connectivity index (χ1n) is 6.52. The summed E-state index contributed by atoms with van der Waals surface area (Å²) in [5.74, 6) is 0. The summed E-state index contributed by atoms with van der Waals surface area (Å²) >= 11 is 0. The fourth-order valence-corrected chi connectivity index (χ4v) is 1.94. The van der Waals surface area contributed by atoms with Crippen LogP contribution in [0.5, 0.6) is 0 Å². The number of hydrogen-bond acceptors (Lipinski definition) is 2. The van der Waals surface area contributed by atoms with Gasteiger partial charge < -0.3 is 10.2 Å². The van der Waals surface area contributed by atoms with Gasteiger partial charge in [0.05, 0.1) is 5.56 Å². The molecule has 1 aromatic carbocycles. The molecule has 19 heavy (non-hydrogen) atoms. The van der Waals surface area contributed by atoms with E-state index in [-0.39, 0.29) is 5.56 Å². The topological polar surface area (TPSA) is 15.3 Å². The van der Waals surface area contributed by atoms with Crippen molar-refractivity contribution in [1.82, 2.24) is 4.90 Å². The zero-order valence-corrected chi connectivity index (χ0v) is 11.6. The second-order valence-electron chi connectivity index (χ2n) is 4.48. The quantitative estimate of drug-likeness (QED) is 0.849. The Bertz CT molecular complexity index is 398. The van der Waals surface area contributed by atoms with Gasteiger partial charge in [0, 0.05) is 18.8 Å². The van der Waals surface area contributed by atoms with E-state index in [4.69, 9.17) is 0 Å². The molecule has 0 spiro atoms. The first kappa shape index (κ1) is 15.8. The van der Waals surface area contributed by atoms with Crippen LogP contribution in [0.4, 0.5) is 18.9 Å². The molecule has 0 saturated carbocycles. The Morgan fingerprint density at radius 3 is 2.32 bits per heavy atom. The highest BCUT2D eigenvalue weighted by molar-refractivity contribution is 5.49. The smallest absolute Gasteiger partial charge is 0.384 e. The highest BCUT2D eigenvalue weighted by atomic mass is 19.4. The molecule has 0 radical (unpaired) electrons. The van der Waals surface area contributed by atoms with Crippen molar-refractivity contribution < 1.29 is 13.2 Å². The number of aryl methyl sites for hydroxylation is 1. The average Bonchev–Trinajstić information content (AvgIpc) is 2.35. The van der Waals surface area contributed by atoms with Crippen LogP contribution in [0.25, 0.3) is 0 Å². The van der Waals surface area contributed by atoms with E-state index >= 15 is 0 Å². The number of anilines is 1. The van der Waals surface area contributed by atoms with E-state index in [0.29, 0.717) is 12.2 Å². The second-order valence-corrected chi connectivity index (χ2v) is 4.48. The highest BCUT2D eigenvalue weighted by Crippen LogP contribution is 2.33. The Hall–Kier alpha value is -1.23. The molecular weight excluding hydrogens is 253 g/mol. The fourth-order valence-electron chi connectivity index (χ4n) is 1.94. The maximum absolute atomic E-state index is 12.8. The standard InChI is InChI=1S/C14H21F3N2/c1-4-19(5-2)9-8-18-12-7-6-11(3)13(10-12)14(15,16)17/h6-7,10,18H,4-5,8-9H2,1-3H3. The summed E-state index contributed by atoms with van der Waals surface area (Å²) in [6, 6.07) is 4.37. The van der Waals surface area contributed by atoms with Gasteiger partial charge in [0.2, 0.25) is 0 Å². The number of rotatable bonds is 6. The molecule has 0 aliphatic rings. The lowest BCUT2D eigenvalue weighted by molar-refractivity contribution is -0.138. The summed E-state index contributed by atoms with van der Waals surface area (Å²) in [5, 5.41) is 3.04. The maximum Gasteiger partial charge on any atom is 0.416 e. The molecule has 0 aliphatic heterocycles. The lowest BCUT2D eigenvalue weighted by atomic mass is 10.1. The highest BCUT2D eigenvalue weighted by Gasteiger charge is 2.32. The van der Waals surface area contributed by atoms with Crippen LogP contribution < -0.4 is 5.32 Å². The van der Waals surface area contributed by atoms with Crippen molar-refractivity contribution in [3.05, 3.63) is 29.3 Å². The van der Waals surface area contributed by atoms with Crippen LogP contribution in [0, 0.1) is 6.92 Å². The summed E-state index contributed by atoms with van der Waals surface area (Å²) < 4.78 is 38.3. The predicted molar refractivity (Wildman–Crippen MR) is 72.5 cm³/mol. The average molecular weight is 274 g/mol. The molecule has 0 unspecified atom stereocenters. The molecule has 1 N–H and O–H groups in total. The maximum atomic E-state index is 12.8. The van der Waals surface area contributed by atoms with Crippen molar-refractivity contribution >= 4 is 5.69 Å². The minimum absolute atomic E-state index is 0.252. The minimum Gasteiger partial charge on any atom is -0.384 e. The van der Waals surface area contributed by atoms with E-state index in [9.17, 15) is 13.2 Å². The van der Waals surface area contributed by atoms with Crippen LogP contribution in [0.2, 0.25) is 0 Å². The molecule has 0 aromatic heterocycles. The number of hydrogen-bond donors (Lipinski definition) is 1. The number of alkyl halides is 3. The first-order valence-corrected chi connectivity index (χ1v) is 6.52. The summed E-state index contributed by atoms with van der Waals surface area (Å²) in [4.78, 5) is 2.21. The monoisotopic (exact) mass is 274 g/mol. The van der Waals surface area contributed by atoms with Gasteiger partial charge in [-0.2, -0.15) is 13.2 Å². The van der Waals surface area contributed by atoms with Crippen LogP contribution in [0.3, 0.4) is 0 Å². The zero-order valence-electron chi connectivity index (χ0n) is 11.6. The molecule has 0 bridgehead atoms. The third-order valence-electron chi connectivity index (χ3n) is 3.19. The van der Waals surface area contributed by atoms with E-state index < -0.39 is 11.7 Å². The van der Waals surface area contributed by atoms with E-state index in [1.807, 2.05) is 0 Å². The summed E-state index contributed by atoms with van der Waals surface area (Å²) in [7, 11) is 0. The largest absolute Gasteiger partial charge is 0.416 e. The van der Waals surface area contributed by atoms with E-state index in [1.165, 1.54) is 19.1 Å². The van der Waals surface area contributed by atoms with E-state index in [2.05, 4.69) is 24.1 Å². The SMILES string of the molecule is CCN(CC)CCNc1ccc(C)c(C(F)(F)F)c1. The molecule has 0 saturated heterocycles. The van der Waals surface area contributed by atoms with Crippen molar-refractivity contribution in [2.75, 3.05) is 31.5 Å². The number of nitrogens with zero attached hydrogens (tertiary/aromatic N) is 1. The van der Waals surface area contributed by atoms with Gasteiger partial charge in [-0.05, 0) is 37.7 Å². The summed E-state index contributed by atoms with van der Waals surface area (Å²) in [6.45, 7) is 8.96. The molecule has 0 fully saturated rings. The molecule has 1 rings (SSSR count). The molecular formula is C14H21F3N2. The molecule has 0 amide bonds. The molecule has 1 aromatic rings. The summed E-state index contributed by atoms with van der Waals surface area (Å²) in [5.41, 5.74) is 0.201. The molecule has 5 heteroatoms. The van der Waals surface area contributed by atoms with Crippen molar-refractivity contribution in [1.29, 1.82) is 0 Å². The van der Waals surface area contributed by atoms with Gasteiger partial charge in [0.1, 0.15) is 0 Å². The predicted octanol–water partition coefficient (Wildman–Crippen LogP) is 3.77. The van der Waals surface area contributed by atoms with Crippen LogP contribution in [0.15, 0.2) is 18.2 Å². The molecule has 0 atom stereocenters. The van der Waals surface area contributed by atoms with Gasteiger partial charge in [0.15, 0.2) is 0 Å². The van der Waals surface area contributed by atoms with Gasteiger partial charge in [-0.1, -0.05) is 19.9 Å². The Morgan fingerprint density at radius 1 is 1.16 bits per heavy atom. The van der Waals surface area contributed by atoms with Gasteiger partial charge in [-0.25, -0.2) is 0 Å². The Morgan fingerprint density at radius 2 is 1.79 bits per heavy atom. The lowest BCUT2D eigenvalue weighted by Crippen LogP contribution is -2.28. The molecule has 0 aliphatic carbocycles. The number of likely N-dealkylation sites (N-methyl/N-ethyl adjacent to an activating group) is 1. The Kier molecular flexibility index (Phi) is 5.66. The first-order chi connectivity index (χ1) is 8.88. The van der Waals surface area contributed by atoms with Crippen LogP contribution in [-0.2, 0) is 6.18 Å². The lowest BCUT2D eigenvalue weighted by Gasteiger charge is -2.19. The number of halogens is 3. The number of benzene rings is 1. The van der Waals surface area contributed by atoms with Gasteiger partial charge in [-0.15, -0.1) is 0 Å². The second kappa shape index (κ2) is 6.80. The van der Waals surface area contributed by atoms with Gasteiger partial charge >= 0.3 is 6.18 Å². The van der Waals surface area contributed by atoms with Crippen molar-refractivity contribution in [2.24, 2.45) is 0 Å². The number of nitrogens with one attached hydrogen (secondary N) is 1. The van der Waals surface area contributed by atoms with Gasteiger partial charge in [-0.3, -0.25) is 0 Å². The minimum atomic E-state index is -4.29. The van der Waals surface area contributed by atoms with E-state index in [0.717, 1.165) is 19.6 Å². The van der Waals surface area contributed by atoms with Crippen molar-refractivity contribution in [3.8, 4) is 0 Å². The van der Waals surface area contributed by atoms with Crippen molar-refractivity contribution in [2.45, 2.75) is 26.9 Å². The molecule has 0 heterocycles. The van der Waals surface area contributed by atoms with E-state index in [1.54, 1.807) is 6.07 Å². The summed E-state index contributed by atoms with van der Waals surface area (Å²) in [6.07, 6.45) is -4.29. The third-order valence-corrected chi connectivity index (χ3v) is 3.19. The fraction of sp³-hybridized carbons (Fsp3) is 0.571. The van der Waals surface area contributed by atoms with Crippen LogP contribution in [0.1, 0.15) is 25.0 Å². The van der Waals surface area contributed by atoms with Crippen molar-refractivity contribution in [3.63, 3.8) is 0 Å². The van der Waals surface area contributed by atoms with Crippen LogP contribution >= 0.6 is 0 Å². The zero-order chi connectivity index (χ0) is 14.5. The van der Waals surface area contributed by atoms with Crippen LogP contribution in [-0.4, -0.2) is 31.1 Å².